The van der Waals surface area contributed by atoms with Gasteiger partial charge in [-0.1, -0.05) is 0 Å². The summed E-state index contributed by atoms with van der Waals surface area (Å²) < 4.78 is 4.93. The Kier molecular flexibility index (Phi) is 4.19. The Morgan fingerprint density at radius 3 is 2.60 bits per heavy atom. The van der Waals surface area contributed by atoms with Crippen LogP contribution in [0.15, 0.2) is 18.2 Å². The molecule has 0 aliphatic carbocycles. The molecule has 20 heavy (non-hydrogen) atoms. The summed E-state index contributed by atoms with van der Waals surface area (Å²) in [6.07, 6.45) is 0. The molecule has 7 nitrogen and oxygen atoms in total. The second-order valence-electron chi connectivity index (χ2n) is 4.89. The van der Waals surface area contributed by atoms with Crippen LogP contribution in [-0.4, -0.2) is 56.1 Å². The number of nitrogens with one attached hydrogen (secondary N) is 1. The number of nitro groups is 1. The second-order valence-corrected chi connectivity index (χ2v) is 4.89. The van der Waals surface area contributed by atoms with Gasteiger partial charge < -0.3 is 14.5 Å². The summed E-state index contributed by atoms with van der Waals surface area (Å²) in [5.74, 6) is -0.00220. The number of carbonyl (C=O) groups excluding carboxylic acids is 1. The fraction of sp³-hybridized carbons (Fsp3) is 0.462. The summed E-state index contributed by atoms with van der Waals surface area (Å²) in [5.41, 5.74) is 0.148. The molecule has 0 spiro atoms. The van der Waals surface area contributed by atoms with E-state index in [1.807, 2.05) is 0 Å². The zero-order valence-corrected chi connectivity index (χ0v) is 11.6. The van der Waals surface area contributed by atoms with E-state index in [2.05, 4.69) is 7.05 Å². The van der Waals surface area contributed by atoms with Gasteiger partial charge in [0, 0.05) is 11.6 Å². The van der Waals surface area contributed by atoms with Gasteiger partial charge in [-0.3, -0.25) is 14.9 Å². The summed E-state index contributed by atoms with van der Waals surface area (Å²) in [7, 11) is 3.45. The van der Waals surface area contributed by atoms with Crippen LogP contribution < -0.4 is 9.64 Å². The molecule has 1 saturated heterocycles. The number of likely N-dealkylation sites (N-methyl/N-ethyl adjacent to an activating group) is 1. The first-order valence-corrected chi connectivity index (χ1v) is 6.46. The molecule has 0 aromatic heterocycles. The molecule has 0 radical (unpaired) electrons. The summed E-state index contributed by atoms with van der Waals surface area (Å²) >= 11 is 0. The van der Waals surface area contributed by atoms with Gasteiger partial charge in [-0.2, -0.15) is 0 Å². The van der Waals surface area contributed by atoms with Gasteiger partial charge >= 0.3 is 5.69 Å². The first kappa shape index (κ1) is 14.3. The van der Waals surface area contributed by atoms with Crippen molar-refractivity contribution < 1.29 is 19.4 Å². The van der Waals surface area contributed by atoms with Crippen LogP contribution in [-0.2, 0) is 0 Å². The summed E-state index contributed by atoms with van der Waals surface area (Å²) in [6, 6.07) is 4.32. The number of hydrogen-bond acceptors (Lipinski definition) is 4. The van der Waals surface area contributed by atoms with Crippen molar-refractivity contribution in [2.45, 2.75) is 0 Å². The van der Waals surface area contributed by atoms with E-state index >= 15 is 0 Å². The van der Waals surface area contributed by atoms with Crippen molar-refractivity contribution >= 4 is 11.6 Å². The number of piperazine rings is 1. The lowest BCUT2D eigenvalue weighted by Gasteiger charge is -2.30. The molecule has 2 rings (SSSR count). The van der Waals surface area contributed by atoms with Crippen molar-refractivity contribution in [3.8, 4) is 5.75 Å². The van der Waals surface area contributed by atoms with Crippen LogP contribution in [0.2, 0.25) is 0 Å². The molecule has 1 aromatic carbocycles. The van der Waals surface area contributed by atoms with Gasteiger partial charge in [-0.25, -0.2) is 0 Å². The van der Waals surface area contributed by atoms with E-state index in [4.69, 9.17) is 4.74 Å². The standard InChI is InChI=1S/C13H17N3O4/c1-14-5-7-15(8-6-14)13(17)10-3-4-12(20-2)11(9-10)16(18)19/h3-4,9H,5-8H2,1-2H3/p+1. The molecule has 108 valence electrons. The topological polar surface area (TPSA) is 77.1 Å². The molecule has 0 atom stereocenters. The first-order chi connectivity index (χ1) is 9.52. The van der Waals surface area contributed by atoms with Gasteiger partial charge in [0.1, 0.15) is 0 Å². The number of hydrogen-bond donors (Lipinski definition) is 1. The number of nitrogens with zero attached hydrogens (tertiary/aromatic N) is 2. The number of rotatable bonds is 3. The lowest BCUT2D eigenvalue weighted by atomic mass is 10.1. The first-order valence-electron chi connectivity index (χ1n) is 6.46. The van der Waals surface area contributed by atoms with Gasteiger partial charge in [0.2, 0.25) is 0 Å². The molecule has 1 aliphatic heterocycles. The van der Waals surface area contributed by atoms with E-state index in [-0.39, 0.29) is 17.3 Å². The third kappa shape index (κ3) is 2.88. The molecule has 7 heteroatoms. The fourth-order valence-electron chi connectivity index (χ4n) is 2.24. The van der Waals surface area contributed by atoms with Crippen molar-refractivity contribution in [2.75, 3.05) is 40.3 Å². The molecule has 0 saturated carbocycles. The zero-order valence-electron chi connectivity index (χ0n) is 11.6. The van der Waals surface area contributed by atoms with E-state index in [1.54, 1.807) is 11.0 Å². The maximum absolute atomic E-state index is 12.3. The number of benzene rings is 1. The third-order valence-electron chi connectivity index (χ3n) is 3.53. The fourth-order valence-corrected chi connectivity index (χ4v) is 2.24. The number of carbonyl (C=O) groups is 1. The van der Waals surface area contributed by atoms with Gasteiger partial charge in [0.25, 0.3) is 5.91 Å². The van der Waals surface area contributed by atoms with Crippen LogP contribution in [0.1, 0.15) is 10.4 Å². The molecule has 1 aromatic rings. The Hall–Kier alpha value is -2.15. The minimum absolute atomic E-state index is 0.161. The summed E-state index contributed by atoms with van der Waals surface area (Å²) in [5, 5.41) is 11.0. The van der Waals surface area contributed by atoms with Gasteiger partial charge in [0.05, 0.1) is 45.3 Å². The van der Waals surface area contributed by atoms with Crippen molar-refractivity contribution in [2.24, 2.45) is 0 Å². The Labute approximate surface area is 116 Å². The van der Waals surface area contributed by atoms with Crippen molar-refractivity contribution in [3.63, 3.8) is 0 Å². The molecule has 1 heterocycles. The predicted molar refractivity (Wildman–Crippen MR) is 72.2 cm³/mol. The highest BCUT2D eigenvalue weighted by molar-refractivity contribution is 5.95. The van der Waals surface area contributed by atoms with Crippen molar-refractivity contribution in [1.82, 2.24) is 4.90 Å². The molecule has 0 unspecified atom stereocenters. The van der Waals surface area contributed by atoms with Crippen LogP contribution >= 0.6 is 0 Å². The highest BCUT2D eigenvalue weighted by Crippen LogP contribution is 2.27. The maximum atomic E-state index is 12.3. The van der Waals surface area contributed by atoms with E-state index < -0.39 is 4.92 Å². The smallest absolute Gasteiger partial charge is 0.311 e. The second kappa shape index (κ2) is 5.87. The lowest BCUT2D eigenvalue weighted by Crippen LogP contribution is -3.12. The van der Waals surface area contributed by atoms with Gasteiger partial charge in [-0.15, -0.1) is 0 Å². The molecule has 1 fully saturated rings. The average molecular weight is 280 g/mol. The Balaban J connectivity index is 2.22. The monoisotopic (exact) mass is 280 g/mol. The van der Waals surface area contributed by atoms with Crippen LogP contribution in [0.3, 0.4) is 0 Å². The van der Waals surface area contributed by atoms with E-state index in [1.165, 1.54) is 24.1 Å². The number of quaternary nitrogens is 1. The number of nitro benzene ring substituents is 1. The highest BCUT2D eigenvalue weighted by atomic mass is 16.6. The molecular formula is C13H18N3O4+. The van der Waals surface area contributed by atoms with Crippen LogP contribution in [0, 0.1) is 10.1 Å². The number of ether oxygens (including phenoxy) is 1. The lowest BCUT2D eigenvalue weighted by molar-refractivity contribution is -0.883. The van der Waals surface area contributed by atoms with E-state index in [9.17, 15) is 14.9 Å². The van der Waals surface area contributed by atoms with Crippen molar-refractivity contribution in [3.05, 3.63) is 33.9 Å². The van der Waals surface area contributed by atoms with Crippen LogP contribution in [0.4, 0.5) is 5.69 Å². The molecular weight excluding hydrogens is 262 g/mol. The Morgan fingerprint density at radius 1 is 1.40 bits per heavy atom. The highest BCUT2D eigenvalue weighted by Gasteiger charge is 2.25. The third-order valence-corrected chi connectivity index (χ3v) is 3.53. The maximum Gasteiger partial charge on any atom is 0.311 e. The normalized spacial score (nSPS) is 16.0. The van der Waals surface area contributed by atoms with Crippen LogP contribution in [0.5, 0.6) is 5.75 Å². The SMILES string of the molecule is COc1ccc(C(=O)N2CC[NH+](C)CC2)cc1[N+](=O)[O-]. The van der Waals surface area contributed by atoms with E-state index in [0.717, 1.165) is 13.1 Å². The number of amides is 1. The minimum atomic E-state index is -0.538. The van der Waals surface area contributed by atoms with E-state index in [0.29, 0.717) is 18.7 Å². The predicted octanol–water partition coefficient (Wildman–Crippen LogP) is -0.426. The van der Waals surface area contributed by atoms with Crippen LogP contribution in [0.25, 0.3) is 0 Å². The van der Waals surface area contributed by atoms with Crippen molar-refractivity contribution in [1.29, 1.82) is 0 Å². The molecule has 0 bridgehead atoms. The Morgan fingerprint density at radius 2 is 2.05 bits per heavy atom. The Bertz CT molecular complexity index is 524. The summed E-state index contributed by atoms with van der Waals surface area (Å²) in [6.45, 7) is 3.13. The largest absolute Gasteiger partial charge is 0.490 e. The van der Waals surface area contributed by atoms with Gasteiger partial charge in [0.15, 0.2) is 5.75 Å². The average Bonchev–Trinajstić information content (AvgIpc) is 2.46. The molecule has 1 amide bonds. The molecule has 1 aliphatic rings. The van der Waals surface area contributed by atoms with Gasteiger partial charge in [-0.05, 0) is 12.1 Å². The number of methoxy groups -OCH3 is 1. The molecule has 1 N–H and O–H groups in total. The summed E-state index contributed by atoms with van der Waals surface area (Å²) in [4.78, 5) is 25.9. The minimum Gasteiger partial charge on any atom is -0.490 e. The quantitative estimate of drug-likeness (QED) is 0.602. The zero-order chi connectivity index (χ0) is 14.7.